The van der Waals surface area contributed by atoms with Gasteiger partial charge in [0.25, 0.3) is 0 Å². The Morgan fingerprint density at radius 1 is 1.12 bits per heavy atom. The molecule has 1 aliphatic rings. The number of amides is 1. The molecule has 0 spiro atoms. The summed E-state index contributed by atoms with van der Waals surface area (Å²) in [6, 6.07) is 5.06. The number of sulfonamides is 1. The molecule has 7 heteroatoms. The van der Waals surface area contributed by atoms with Crippen LogP contribution in [-0.4, -0.2) is 63.4 Å². The number of likely N-dealkylation sites (N-methyl/N-ethyl adjacent to an activating group) is 1. The van der Waals surface area contributed by atoms with E-state index in [-0.39, 0.29) is 23.8 Å². The van der Waals surface area contributed by atoms with Crippen molar-refractivity contribution in [3.8, 4) is 0 Å². The lowest BCUT2D eigenvalue weighted by Gasteiger charge is -2.21. The first-order valence-electron chi connectivity index (χ1n) is 8.90. The molecule has 1 aliphatic heterocycles. The van der Waals surface area contributed by atoms with Gasteiger partial charge < -0.3 is 9.80 Å². The zero-order chi connectivity index (χ0) is 18.4. The summed E-state index contributed by atoms with van der Waals surface area (Å²) in [4.78, 5) is 16.8. The maximum Gasteiger partial charge on any atom is 0.240 e. The fraction of sp³-hybridized carbons (Fsp3) is 0.611. The third-order valence-corrected chi connectivity index (χ3v) is 6.27. The zero-order valence-corrected chi connectivity index (χ0v) is 16.2. The fourth-order valence-electron chi connectivity index (χ4n) is 2.95. The van der Waals surface area contributed by atoms with Crippen molar-refractivity contribution in [2.24, 2.45) is 0 Å². The molecule has 0 atom stereocenters. The van der Waals surface area contributed by atoms with E-state index in [1.54, 1.807) is 18.2 Å². The minimum absolute atomic E-state index is 0.0146. The van der Waals surface area contributed by atoms with Gasteiger partial charge in [-0.15, -0.1) is 0 Å². The van der Waals surface area contributed by atoms with Crippen molar-refractivity contribution in [1.82, 2.24) is 14.5 Å². The van der Waals surface area contributed by atoms with E-state index in [1.165, 1.54) is 0 Å². The molecular weight excluding hydrogens is 338 g/mol. The molecule has 25 heavy (non-hydrogen) atoms. The topological polar surface area (TPSA) is 69.7 Å². The molecule has 1 saturated heterocycles. The predicted octanol–water partition coefficient (Wildman–Crippen LogP) is 1.53. The summed E-state index contributed by atoms with van der Waals surface area (Å²) in [5.41, 5.74) is 1.99. The van der Waals surface area contributed by atoms with Gasteiger partial charge in [-0.25, -0.2) is 13.1 Å². The molecule has 1 N–H and O–H groups in total. The van der Waals surface area contributed by atoms with Crippen molar-refractivity contribution < 1.29 is 13.2 Å². The van der Waals surface area contributed by atoms with Crippen LogP contribution in [0.15, 0.2) is 23.1 Å². The number of nitrogens with one attached hydrogen (secondary N) is 1. The van der Waals surface area contributed by atoms with Crippen molar-refractivity contribution in [1.29, 1.82) is 0 Å². The molecule has 1 heterocycles. The number of nitrogens with zero attached hydrogens (tertiary/aromatic N) is 2. The summed E-state index contributed by atoms with van der Waals surface area (Å²) in [6.45, 7) is 10.4. The maximum atomic E-state index is 12.3. The molecule has 1 aromatic rings. The Morgan fingerprint density at radius 3 is 2.56 bits per heavy atom. The van der Waals surface area contributed by atoms with Crippen LogP contribution < -0.4 is 4.72 Å². The SMILES string of the molecule is CCN1CCCN(C(=O)CCNS(=O)(=O)c2ccc(C)c(C)c2)CC1. The lowest BCUT2D eigenvalue weighted by atomic mass is 10.1. The molecule has 0 radical (unpaired) electrons. The molecule has 1 amide bonds. The first-order valence-corrected chi connectivity index (χ1v) is 10.4. The van der Waals surface area contributed by atoms with E-state index in [0.717, 1.165) is 50.3 Å². The number of carbonyl (C=O) groups excluding carboxylic acids is 1. The third-order valence-electron chi connectivity index (χ3n) is 4.81. The van der Waals surface area contributed by atoms with Crippen molar-refractivity contribution in [2.75, 3.05) is 39.3 Å². The Labute approximate surface area is 151 Å². The highest BCUT2D eigenvalue weighted by atomic mass is 32.2. The van der Waals surface area contributed by atoms with Crippen LogP contribution in [0, 0.1) is 13.8 Å². The number of benzene rings is 1. The quantitative estimate of drug-likeness (QED) is 0.828. The average molecular weight is 368 g/mol. The minimum atomic E-state index is -3.57. The highest BCUT2D eigenvalue weighted by molar-refractivity contribution is 7.89. The highest BCUT2D eigenvalue weighted by Gasteiger charge is 2.19. The molecule has 0 aromatic heterocycles. The van der Waals surface area contributed by atoms with Gasteiger partial charge in [0.2, 0.25) is 15.9 Å². The summed E-state index contributed by atoms with van der Waals surface area (Å²) < 4.78 is 27.2. The highest BCUT2D eigenvalue weighted by Crippen LogP contribution is 2.14. The third kappa shape index (κ3) is 5.52. The van der Waals surface area contributed by atoms with E-state index < -0.39 is 10.0 Å². The van der Waals surface area contributed by atoms with Gasteiger partial charge in [0.15, 0.2) is 0 Å². The largest absolute Gasteiger partial charge is 0.341 e. The predicted molar refractivity (Wildman–Crippen MR) is 99.0 cm³/mol. The van der Waals surface area contributed by atoms with Gasteiger partial charge in [-0.2, -0.15) is 0 Å². The maximum absolute atomic E-state index is 12.3. The summed E-state index contributed by atoms with van der Waals surface area (Å²) >= 11 is 0. The number of rotatable bonds is 6. The summed E-state index contributed by atoms with van der Waals surface area (Å²) in [5, 5.41) is 0. The lowest BCUT2D eigenvalue weighted by molar-refractivity contribution is -0.130. The molecule has 1 aromatic carbocycles. The smallest absolute Gasteiger partial charge is 0.240 e. The van der Waals surface area contributed by atoms with Crippen LogP contribution in [0.3, 0.4) is 0 Å². The van der Waals surface area contributed by atoms with Crippen molar-refractivity contribution in [3.05, 3.63) is 29.3 Å². The van der Waals surface area contributed by atoms with E-state index >= 15 is 0 Å². The first kappa shape index (κ1) is 19.9. The van der Waals surface area contributed by atoms with Crippen molar-refractivity contribution >= 4 is 15.9 Å². The second-order valence-corrected chi connectivity index (χ2v) is 8.33. The van der Waals surface area contributed by atoms with E-state index in [9.17, 15) is 13.2 Å². The molecule has 1 fully saturated rings. The average Bonchev–Trinajstić information content (AvgIpc) is 2.82. The van der Waals surface area contributed by atoms with E-state index in [0.29, 0.717) is 0 Å². The molecule has 0 unspecified atom stereocenters. The number of hydrogen-bond acceptors (Lipinski definition) is 4. The van der Waals surface area contributed by atoms with Gasteiger partial charge in [0, 0.05) is 32.6 Å². The molecule has 6 nitrogen and oxygen atoms in total. The summed E-state index contributed by atoms with van der Waals surface area (Å²) in [6.07, 6.45) is 1.16. The monoisotopic (exact) mass is 367 g/mol. The van der Waals surface area contributed by atoms with E-state index in [4.69, 9.17) is 0 Å². The van der Waals surface area contributed by atoms with Crippen LogP contribution in [0.4, 0.5) is 0 Å². The summed E-state index contributed by atoms with van der Waals surface area (Å²) in [5.74, 6) is 0.0146. The number of aryl methyl sites for hydroxylation is 2. The molecule has 0 saturated carbocycles. The van der Waals surface area contributed by atoms with Crippen LogP contribution >= 0.6 is 0 Å². The van der Waals surface area contributed by atoms with Gasteiger partial charge in [-0.3, -0.25) is 4.79 Å². The summed E-state index contributed by atoms with van der Waals surface area (Å²) in [7, 11) is -3.57. The van der Waals surface area contributed by atoms with Gasteiger partial charge in [-0.05, 0) is 56.6 Å². The number of carbonyl (C=O) groups is 1. The molecule has 0 aliphatic carbocycles. The molecule has 140 valence electrons. The van der Waals surface area contributed by atoms with Gasteiger partial charge in [0.05, 0.1) is 4.90 Å². The van der Waals surface area contributed by atoms with Crippen molar-refractivity contribution in [2.45, 2.75) is 38.5 Å². The minimum Gasteiger partial charge on any atom is -0.341 e. The Balaban J connectivity index is 1.86. The van der Waals surface area contributed by atoms with Crippen LogP contribution in [-0.2, 0) is 14.8 Å². The second kappa shape index (κ2) is 8.78. The van der Waals surface area contributed by atoms with Crippen LogP contribution in [0.5, 0.6) is 0 Å². The number of hydrogen-bond donors (Lipinski definition) is 1. The molecule has 0 bridgehead atoms. The van der Waals surface area contributed by atoms with Gasteiger partial charge >= 0.3 is 0 Å². The lowest BCUT2D eigenvalue weighted by Crippen LogP contribution is -2.37. The Bertz CT molecular complexity index is 704. The zero-order valence-electron chi connectivity index (χ0n) is 15.4. The Hall–Kier alpha value is -1.44. The Kier molecular flexibility index (Phi) is 6.98. The van der Waals surface area contributed by atoms with Crippen LogP contribution in [0.1, 0.15) is 30.9 Å². The molecule has 2 rings (SSSR count). The van der Waals surface area contributed by atoms with E-state index in [2.05, 4.69) is 16.5 Å². The van der Waals surface area contributed by atoms with Crippen LogP contribution in [0.25, 0.3) is 0 Å². The second-order valence-electron chi connectivity index (χ2n) is 6.56. The van der Waals surface area contributed by atoms with Gasteiger partial charge in [0.1, 0.15) is 0 Å². The van der Waals surface area contributed by atoms with Gasteiger partial charge in [-0.1, -0.05) is 13.0 Å². The van der Waals surface area contributed by atoms with Crippen LogP contribution in [0.2, 0.25) is 0 Å². The normalized spacial score (nSPS) is 16.7. The Morgan fingerprint density at radius 2 is 1.88 bits per heavy atom. The fourth-order valence-corrected chi connectivity index (χ4v) is 4.07. The standard InChI is InChI=1S/C18H29N3O3S/c1-4-20-10-5-11-21(13-12-20)18(22)8-9-19-25(23,24)17-7-6-15(2)16(3)14-17/h6-7,14,19H,4-5,8-13H2,1-3H3. The first-order chi connectivity index (χ1) is 11.8. The van der Waals surface area contributed by atoms with E-state index in [1.807, 2.05) is 18.7 Å². The van der Waals surface area contributed by atoms with Crippen molar-refractivity contribution in [3.63, 3.8) is 0 Å². The molecular formula is C18H29N3O3S.